The predicted molar refractivity (Wildman–Crippen MR) is 108 cm³/mol. The van der Waals surface area contributed by atoms with Crippen molar-refractivity contribution in [2.75, 3.05) is 13.2 Å². The van der Waals surface area contributed by atoms with E-state index >= 15 is 0 Å². The molecule has 2 aromatic rings. The van der Waals surface area contributed by atoms with Gasteiger partial charge in [0.25, 0.3) is 0 Å². The maximum absolute atomic E-state index is 12.2. The molecule has 29 heavy (non-hydrogen) atoms. The summed E-state index contributed by atoms with van der Waals surface area (Å²) in [6.45, 7) is 0.607. The number of rotatable bonds is 10. The zero-order valence-corrected chi connectivity index (χ0v) is 16.0. The molecule has 1 aliphatic carbocycles. The quantitative estimate of drug-likeness (QED) is 0.423. The number of aliphatic carboxylic acids is 1. The summed E-state index contributed by atoms with van der Waals surface area (Å²) in [4.78, 5) is 33.8. The van der Waals surface area contributed by atoms with Crippen LogP contribution < -0.4 is 10.6 Å². The number of alkyl carbamates (subject to hydrolysis) is 1. The maximum atomic E-state index is 12.2. The molecule has 0 unspecified atom stereocenters. The van der Waals surface area contributed by atoms with Crippen molar-refractivity contribution in [2.24, 2.45) is 0 Å². The fourth-order valence-corrected chi connectivity index (χ4v) is 3.67. The molecule has 0 aliphatic heterocycles. The third-order valence-corrected chi connectivity index (χ3v) is 5.08. The first-order valence-electron chi connectivity index (χ1n) is 9.63. The Morgan fingerprint density at radius 1 is 1.03 bits per heavy atom. The van der Waals surface area contributed by atoms with Gasteiger partial charge in [0.1, 0.15) is 12.6 Å². The lowest BCUT2D eigenvalue weighted by molar-refractivity contribution is -0.139. The summed E-state index contributed by atoms with van der Waals surface area (Å²) in [5.74, 6) is -1.19. The molecule has 2 amide bonds. The van der Waals surface area contributed by atoms with Gasteiger partial charge in [0.15, 0.2) is 0 Å². The molecule has 3 N–H and O–H groups in total. The Morgan fingerprint density at radius 2 is 1.66 bits per heavy atom. The van der Waals surface area contributed by atoms with Crippen LogP contribution in [0.25, 0.3) is 11.1 Å². The smallest absolute Gasteiger partial charge is 0.407 e. The van der Waals surface area contributed by atoms with Crippen molar-refractivity contribution in [1.82, 2.24) is 10.6 Å². The van der Waals surface area contributed by atoms with Crippen LogP contribution in [0, 0.1) is 0 Å². The van der Waals surface area contributed by atoms with E-state index in [4.69, 9.17) is 4.74 Å². The van der Waals surface area contributed by atoms with E-state index in [0.717, 1.165) is 22.3 Å². The first kappa shape index (κ1) is 20.4. The Balaban J connectivity index is 1.57. The van der Waals surface area contributed by atoms with E-state index in [9.17, 15) is 19.5 Å². The molecule has 0 aromatic heterocycles. The fraction of sp³-hybridized carbons (Fsp3) is 0.318. The Bertz CT molecular complexity index is 838. The molecule has 3 rings (SSSR count). The normalized spacial score (nSPS) is 13.1. The van der Waals surface area contributed by atoms with Crippen molar-refractivity contribution in [2.45, 2.75) is 31.2 Å². The molecule has 0 heterocycles. The zero-order chi connectivity index (χ0) is 20.6. The van der Waals surface area contributed by atoms with Crippen LogP contribution in [-0.4, -0.2) is 42.8 Å². The largest absolute Gasteiger partial charge is 0.480 e. The van der Waals surface area contributed by atoms with Crippen molar-refractivity contribution in [3.05, 3.63) is 59.7 Å². The van der Waals surface area contributed by atoms with Crippen LogP contribution in [0.5, 0.6) is 0 Å². The number of carboxylic acids is 1. The van der Waals surface area contributed by atoms with Gasteiger partial charge in [-0.25, -0.2) is 9.59 Å². The summed E-state index contributed by atoms with van der Waals surface area (Å²) in [5, 5.41) is 14.3. The second kappa shape index (κ2) is 9.73. The van der Waals surface area contributed by atoms with E-state index < -0.39 is 18.1 Å². The number of carbonyl (C=O) groups is 3. The lowest BCUT2D eigenvalue weighted by Gasteiger charge is -2.17. The molecule has 0 saturated carbocycles. The minimum absolute atomic E-state index is 0.0779. The van der Waals surface area contributed by atoms with Crippen molar-refractivity contribution in [3.63, 3.8) is 0 Å². The van der Waals surface area contributed by atoms with Gasteiger partial charge in [0.05, 0.1) is 0 Å². The van der Waals surface area contributed by atoms with Gasteiger partial charge < -0.3 is 20.5 Å². The molecule has 152 valence electrons. The number of carboxylic acid groups (broad SMARTS) is 1. The van der Waals surface area contributed by atoms with Gasteiger partial charge in [0, 0.05) is 12.5 Å². The van der Waals surface area contributed by atoms with Gasteiger partial charge in [-0.05, 0) is 41.5 Å². The minimum atomic E-state index is -1.11. The summed E-state index contributed by atoms with van der Waals surface area (Å²) < 4.78 is 5.39. The molecule has 0 bridgehead atoms. The van der Waals surface area contributed by atoms with E-state index in [1.807, 2.05) is 48.5 Å². The Hall–Kier alpha value is -3.35. The van der Waals surface area contributed by atoms with Crippen LogP contribution in [-0.2, 0) is 14.3 Å². The number of nitrogens with one attached hydrogen (secondary N) is 2. The highest BCUT2D eigenvalue weighted by Gasteiger charge is 2.29. The van der Waals surface area contributed by atoms with Crippen LogP contribution >= 0.6 is 0 Å². The monoisotopic (exact) mass is 396 g/mol. The number of amides is 2. The van der Waals surface area contributed by atoms with E-state index in [1.165, 1.54) is 0 Å². The lowest BCUT2D eigenvalue weighted by atomic mass is 9.98. The van der Waals surface area contributed by atoms with Gasteiger partial charge in [-0.1, -0.05) is 48.5 Å². The van der Waals surface area contributed by atoms with E-state index in [2.05, 4.69) is 10.6 Å². The summed E-state index contributed by atoms with van der Waals surface area (Å²) in [5.41, 5.74) is 4.45. The van der Waals surface area contributed by atoms with Gasteiger partial charge >= 0.3 is 12.1 Å². The topological polar surface area (TPSA) is 105 Å². The summed E-state index contributed by atoms with van der Waals surface area (Å²) in [6.07, 6.45) is 1.31. The number of benzene rings is 2. The number of hydrogen-bond donors (Lipinski definition) is 3. The van der Waals surface area contributed by atoms with Crippen LogP contribution in [0.4, 0.5) is 4.79 Å². The Morgan fingerprint density at radius 3 is 2.24 bits per heavy atom. The Labute approximate surface area is 169 Å². The molecule has 7 heteroatoms. The highest BCUT2D eigenvalue weighted by atomic mass is 16.5. The molecular formula is C22H24N2O5. The average molecular weight is 396 g/mol. The molecule has 0 radical (unpaired) electrons. The molecule has 0 saturated heterocycles. The van der Waals surface area contributed by atoms with Crippen LogP contribution in [0.1, 0.15) is 36.3 Å². The number of hydrogen-bond acceptors (Lipinski definition) is 4. The van der Waals surface area contributed by atoms with Crippen molar-refractivity contribution >= 4 is 18.5 Å². The van der Waals surface area contributed by atoms with Gasteiger partial charge in [0.2, 0.25) is 6.41 Å². The van der Waals surface area contributed by atoms with E-state index in [0.29, 0.717) is 25.8 Å². The van der Waals surface area contributed by atoms with Crippen molar-refractivity contribution < 1.29 is 24.2 Å². The zero-order valence-electron chi connectivity index (χ0n) is 16.0. The molecule has 0 fully saturated rings. The summed E-state index contributed by atoms with van der Waals surface area (Å²) in [7, 11) is 0. The number of unbranched alkanes of at least 4 members (excludes halogenated alkanes) is 1. The third-order valence-electron chi connectivity index (χ3n) is 5.08. The van der Waals surface area contributed by atoms with Gasteiger partial charge in [-0.15, -0.1) is 0 Å². The molecule has 7 nitrogen and oxygen atoms in total. The Kier molecular flexibility index (Phi) is 6.84. The number of carbonyl (C=O) groups excluding carboxylic acids is 2. The SMILES string of the molecule is O=CNCCCC[C@@H](NC(=O)OCC1c2ccccc2-c2ccccc21)C(=O)O. The van der Waals surface area contributed by atoms with Crippen LogP contribution in [0.3, 0.4) is 0 Å². The highest BCUT2D eigenvalue weighted by molar-refractivity contribution is 5.81. The van der Waals surface area contributed by atoms with Crippen molar-refractivity contribution in [3.8, 4) is 11.1 Å². The minimum Gasteiger partial charge on any atom is -0.480 e. The van der Waals surface area contributed by atoms with E-state index in [1.54, 1.807) is 0 Å². The highest BCUT2D eigenvalue weighted by Crippen LogP contribution is 2.44. The molecule has 2 aromatic carbocycles. The first-order valence-corrected chi connectivity index (χ1v) is 9.63. The third kappa shape index (κ3) is 4.93. The molecular weight excluding hydrogens is 372 g/mol. The fourth-order valence-electron chi connectivity index (χ4n) is 3.67. The second-order valence-corrected chi connectivity index (χ2v) is 6.93. The maximum Gasteiger partial charge on any atom is 0.407 e. The standard InChI is InChI=1S/C22H24N2O5/c25-14-23-12-6-5-11-20(21(26)27)24-22(28)29-13-19-17-9-3-1-7-15(17)16-8-2-4-10-18(16)19/h1-4,7-10,14,19-20H,5-6,11-13H2,(H,23,25)(H,24,28)(H,26,27)/t20-/m1/s1. The van der Waals surface area contributed by atoms with E-state index in [-0.39, 0.29) is 18.9 Å². The molecule has 0 spiro atoms. The number of fused-ring (bicyclic) bond motifs is 3. The first-order chi connectivity index (χ1) is 14.1. The van der Waals surface area contributed by atoms with Crippen LogP contribution in [0.2, 0.25) is 0 Å². The summed E-state index contributed by atoms with van der Waals surface area (Å²) in [6, 6.07) is 15.0. The second-order valence-electron chi connectivity index (χ2n) is 6.93. The molecule has 1 aliphatic rings. The average Bonchev–Trinajstić information content (AvgIpc) is 3.05. The van der Waals surface area contributed by atoms with Crippen LogP contribution in [0.15, 0.2) is 48.5 Å². The summed E-state index contributed by atoms with van der Waals surface area (Å²) >= 11 is 0. The van der Waals surface area contributed by atoms with Gasteiger partial charge in [-0.3, -0.25) is 4.79 Å². The molecule has 1 atom stereocenters. The van der Waals surface area contributed by atoms with Crippen molar-refractivity contribution in [1.29, 1.82) is 0 Å². The van der Waals surface area contributed by atoms with Gasteiger partial charge in [-0.2, -0.15) is 0 Å². The lowest BCUT2D eigenvalue weighted by Crippen LogP contribution is -2.41. The predicted octanol–water partition coefficient (Wildman–Crippen LogP) is 2.89. The number of ether oxygens (including phenoxy) is 1.